The molecule has 1 amide bonds. The highest BCUT2D eigenvalue weighted by Gasteiger charge is 2.03. The second-order valence-corrected chi connectivity index (χ2v) is 4.86. The Bertz CT molecular complexity index is 662. The fourth-order valence-electron chi connectivity index (χ4n) is 1.84. The van der Waals surface area contributed by atoms with Crippen LogP contribution in [0.3, 0.4) is 0 Å². The average Bonchev–Trinajstić information content (AvgIpc) is 2.61. The molecule has 0 saturated carbocycles. The van der Waals surface area contributed by atoms with E-state index in [0.29, 0.717) is 12.2 Å². The number of carbonyl (C=O) groups is 1. The van der Waals surface area contributed by atoms with Gasteiger partial charge < -0.3 is 4.74 Å². The maximum atomic E-state index is 11.9. The number of carbonyl (C=O) groups excluding carboxylic acids is 1. The molecule has 0 aliphatic rings. The van der Waals surface area contributed by atoms with E-state index in [1.165, 1.54) is 0 Å². The lowest BCUT2D eigenvalue weighted by Gasteiger charge is -2.05. The number of hydrazone groups is 1. The Morgan fingerprint density at radius 2 is 1.87 bits per heavy atom. The minimum Gasteiger partial charge on any atom is -0.494 e. The molecule has 23 heavy (non-hydrogen) atoms. The van der Waals surface area contributed by atoms with E-state index < -0.39 is 0 Å². The monoisotopic (exact) mass is 308 g/mol. The van der Waals surface area contributed by atoms with Gasteiger partial charge in [0.05, 0.1) is 6.61 Å². The summed E-state index contributed by atoms with van der Waals surface area (Å²) in [5, 5.41) is 3.89. The molecule has 118 valence electrons. The van der Waals surface area contributed by atoms with Crippen molar-refractivity contribution in [2.45, 2.75) is 13.3 Å². The zero-order valence-electron chi connectivity index (χ0n) is 13.1. The largest absolute Gasteiger partial charge is 0.494 e. The fourth-order valence-corrected chi connectivity index (χ4v) is 1.84. The first-order valence-electron chi connectivity index (χ1n) is 7.57. The van der Waals surface area contributed by atoms with Crippen LogP contribution < -0.4 is 10.2 Å². The van der Waals surface area contributed by atoms with Gasteiger partial charge in [-0.1, -0.05) is 43.3 Å². The third kappa shape index (κ3) is 5.79. The van der Waals surface area contributed by atoms with Crippen LogP contribution in [0.1, 0.15) is 29.3 Å². The van der Waals surface area contributed by atoms with Gasteiger partial charge in [0.15, 0.2) is 0 Å². The van der Waals surface area contributed by atoms with Crippen molar-refractivity contribution >= 4 is 18.2 Å². The van der Waals surface area contributed by atoms with Gasteiger partial charge in [-0.2, -0.15) is 5.10 Å². The van der Waals surface area contributed by atoms with Crippen molar-refractivity contribution in [1.29, 1.82) is 0 Å². The highest BCUT2D eigenvalue weighted by molar-refractivity contribution is 5.94. The quantitative estimate of drug-likeness (QED) is 0.623. The summed E-state index contributed by atoms with van der Waals surface area (Å²) in [5.74, 6) is 0.508. The minimum atomic E-state index is -0.253. The number of amides is 1. The Kier molecular flexibility index (Phi) is 6.60. The Hall–Kier alpha value is -2.88. The second kappa shape index (κ2) is 9.20. The molecule has 0 saturated heterocycles. The van der Waals surface area contributed by atoms with E-state index >= 15 is 0 Å². The number of ether oxygens (including phenoxy) is 1. The molecule has 2 rings (SSSR count). The third-order valence-electron chi connectivity index (χ3n) is 3.00. The first-order chi connectivity index (χ1) is 11.3. The smallest absolute Gasteiger partial charge is 0.271 e. The van der Waals surface area contributed by atoms with E-state index in [-0.39, 0.29) is 5.91 Å². The second-order valence-electron chi connectivity index (χ2n) is 4.86. The van der Waals surface area contributed by atoms with Gasteiger partial charge >= 0.3 is 0 Å². The van der Waals surface area contributed by atoms with Crippen LogP contribution in [0.15, 0.2) is 65.8 Å². The fraction of sp³-hybridized carbons (Fsp3) is 0.158. The van der Waals surface area contributed by atoms with Gasteiger partial charge in [0, 0.05) is 11.8 Å². The van der Waals surface area contributed by atoms with Gasteiger partial charge in [-0.25, -0.2) is 5.43 Å². The zero-order valence-corrected chi connectivity index (χ0v) is 13.1. The predicted molar refractivity (Wildman–Crippen MR) is 93.7 cm³/mol. The van der Waals surface area contributed by atoms with Crippen molar-refractivity contribution in [2.24, 2.45) is 5.10 Å². The number of benzene rings is 2. The number of rotatable bonds is 7. The lowest BCUT2D eigenvalue weighted by molar-refractivity contribution is 0.0955. The Labute approximate surface area is 136 Å². The van der Waals surface area contributed by atoms with Crippen LogP contribution in [0.5, 0.6) is 5.75 Å². The number of hydrogen-bond acceptors (Lipinski definition) is 3. The van der Waals surface area contributed by atoms with Crippen molar-refractivity contribution in [2.75, 3.05) is 6.61 Å². The van der Waals surface area contributed by atoms with Crippen LogP contribution in [-0.4, -0.2) is 18.7 Å². The van der Waals surface area contributed by atoms with Crippen LogP contribution in [-0.2, 0) is 0 Å². The summed E-state index contributed by atoms with van der Waals surface area (Å²) in [6.45, 7) is 2.72. The standard InChI is InChI=1S/C19H20N2O2/c1-2-15-23-18-12-10-17(11-13-18)19(22)21-20-14-6-9-16-7-4-3-5-8-16/h3-14H,2,15H2,1H3,(H,21,22)/b9-6+,20-14+. The van der Waals surface area contributed by atoms with Crippen molar-refractivity contribution in [1.82, 2.24) is 5.43 Å². The summed E-state index contributed by atoms with van der Waals surface area (Å²) in [7, 11) is 0. The highest BCUT2D eigenvalue weighted by atomic mass is 16.5. The summed E-state index contributed by atoms with van der Waals surface area (Å²) in [4.78, 5) is 11.9. The van der Waals surface area contributed by atoms with Gasteiger partial charge in [0.1, 0.15) is 5.75 Å². The van der Waals surface area contributed by atoms with Gasteiger partial charge in [0.25, 0.3) is 5.91 Å². The highest BCUT2D eigenvalue weighted by Crippen LogP contribution is 2.12. The van der Waals surface area contributed by atoms with E-state index in [1.54, 1.807) is 36.6 Å². The van der Waals surface area contributed by atoms with E-state index in [2.05, 4.69) is 10.5 Å². The molecule has 0 unspecified atom stereocenters. The van der Waals surface area contributed by atoms with Gasteiger partial charge in [-0.3, -0.25) is 4.79 Å². The van der Waals surface area contributed by atoms with Gasteiger partial charge in [-0.05, 0) is 42.3 Å². The molecule has 0 aromatic heterocycles. The first kappa shape index (κ1) is 16.5. The minimum absolute atomic E-state index is 0.253. The zero-order chi connectivity index (χ0) is 16.3. The molecule has 0 bridgehead atoms. The lowest BCUT2D eigenvalue weighted by Crippen LogP contribution is -2.17. The Morgan fingerprint density at radius 3 is 2.57 bits per heavy atom. The lowest BCUT2D eigenvalue weighted by atomic mass is 10.2. The molecule has 0 fully saturated rings. The molecular weight excluding hydrogens is 288 g/mol. The summed E-state index contributed by atoms with van der Waals surface area (Å²) >= 11 is 0. The Balaban J connectivity index is 1.82. The molecule has 0 aliphatic carbocycles. The van der Waals surface area contributed by atoms with Crippen molar-refractivity contribution in [3.05, 3.63) is 71.8 Å². The van der Waals surface area contributed by atoms with Crippen LogP contribution >= 0.6 is 0 Å². The summed E-state index contributed by atoms with van der Waals surface area (Å²) in [6, 6.07) is 16.9. The van der Waals surface area contributed by atoms with Crippen LogP contribution in [0.4, 0.5) is 0 Å². The van der Waals surface area contributed by atoms with E-state index in [1.807, 2.05) is 43.3 Å². The maximum Gasteiger partial charge on any atom is 0.271 e. The molecule has 0 spiro atoms. The molecular formula is C19H20N2O2. The third-order valence-corrected chi connectivity index (χ3v) is 3.00. The maximum absolute atomic E-state index is 11.9. The topological polar surface area (TPSA) is 50.7 Å². The number of nitrogens with one attached hydrogen (secondary N) is 1. The van der Waals surface area contributed by atoms with Crippen LogP contribution in [0.25, 0.3) is 6.08 Å². The van der Waals surface area contributed by atoms with E-state index in [0.717, 1.165) is 17.7 Å². The molecule has 2 aromatic carbocycles. The molecule has 2 aromatic rings. The van der Waals surface area contributed by atoms with Crippen LogP contribution in [0, 0.1) is 0 Å². The molecule has 4 heteroatoms. The van der Waals surface area contributed by atoms with Crippen molar-refractivity contribution in [3.8, 4) is 5.75 Å². The molecule has 0 atom stereocenters. The summed E-state index contributed by atoms with van der Waals surface area (Å²) < 4.78 is 5.47. The van der Waals surface area contributed by atoms with E-state index in [4.69, 9.17) is 4.74 Å². The van der Waals surface area contributed by atoms with E-state index in [9.17, 15) is 4.79 Å². The number of hydrogen-bond donors (Lipinski definition) is 1. The SMILES string of the molecule is CCCOc1ccc(C(=O)N/N=C/C=C/c2ccccc2)cc1. The van der Waals surface area contributed by atoms with Gasteiger partial charge in [-0.15, -0.1) is 0 Å². The van der Waals surface area contributed by atoms with Crippen molar-refractivity contribution in [3.63, 3.8) is 0 Å². The molecule has 4 nitrogen and oxygen atoms in total. The molecule has 0 heterocycles. The van der Waals surface area contributed by atoms with Crippen LogP contribution in [0.2, 0.25) is 0 Å². The average molecular weight is 308 g/mol. The summed E-state index contributed by atoms with van der Waals surface area (Å²) in [5.41, 5.74) is 4.10. The Morgan fingerprint density at radius 1 is 1.13 bits per heavy atom. The number of nitrogens with zero attached hydrogens (tertiary/aromatic N) is 1. The number of allylic oxidation sites excluding steroid dienone is 1. The van der Waals surface area contributed by atoms with Crippen molar-refractivity contribution < 1.29 is 9.53 Å². The summed E-state index contributed by atoms with van der Waals surface area (Å²) in [6.07, 6.45) is 6.18. The van der Waals surface area contributed by atoms with Gasteiger partial charge in [0.2, 0.25) is 0 Å². The normalized spacial score (nSPS) is 11.0. The first-order valence-corrected chi connectivity index (χ1v) is 7.57. The molecule has 0 radical (unpaired) electrons. The predicted octanol–water partition coefficient (Wildman–Crippen LogP) is 3.90. The molecule has 1 N–H and O–H groups in total. The molecule has 0 aliphatic heterocycles.